The van der Waals surface area contributed by atoms with Crippen molar-refractivity contribution in [3.8, 4) is 0 Å². The quantitative estimate of drug-likeness (QED) is 0.539. The summed E-state index contributed by atoms with van der Waals surface area (Å²) in [5.41, 5.74) is 5.03. The van der Waals surface area contributed by atoms with Crippen LogP contribution in [-0.4, -0.2) is 41.0 Å². The number of fused-ring (bicyclic) bond motifs is 2. The number of aromatic nitrogens is 1. The van der Waals surface area contributed by atoms with E-state index >= 15 is 0 Å². The fourth-order valence-electron chi connectivity index (χ4n) is 5.42. The summed E-state index contributed by atoms with van der Waals surface area (Å²) in [6, 6.07) is 10.8. The van der Waals surface area contributed by atoms with Crippen LogP contribution in [0, 0.1) is 0 Å². The third-order valence-corrected chi connectivity index (χ3v) is 7.51. The van der Waals surface area contributed by atoms with Crippen LogP contribution in [0.2, 0.25) is 0 Å². The van der Waals surface area contributed by atoms with Gasteiger partial charge in [0.15, 0.2) is 0 Å². The normalized spacial score (nSPS) is 17.8. The number of pyridine rings is 1. The second-order valence-electron chi connectivity index (χ2n) is 9.67. The molecule has 1 saturated heterocycles. The summed E-state index contributed by atoms with van der Waals surface area (Å²) in [6.07, 6.45) is 9.11. The summed E-state index contributed by atoms with van der Waals surface area (Å²) in [7, 11) is 2.07. The maximum atomic E-state index is 13.7. The predicted molar refractivity (Wildman–Crippen MR) is 129 cm³/mol. The Morgan fingerprint density at radius 2 is 1.81 bits per heavy atom. The van der Waals surface area contributed by atoms with E-state index in [-0.39, 0.29) is 11.6 Å². The number of hydrogen-bond acceptors (Lipinski definition) is 4. The maximum absolute atomic E-state index is 13.7. The number of piperidine rings is 1. The first kappa shape index (κ1) is 21.5. The molecule has 2 aromatic heterocycles. The molecule has 0 saturated carbocycles. The lowest BCUT2D eigenvalue weighted by molar-refractivity contribution is 0.217. The van der Waals surface area contributed by atoms with Gasteiger partial charge in [-0.15, -0.1) is 0 Å². The zero-order valence-corrected chi connectivity index (χ0v) is 19.5. The van der Waals surface area contributed by atoms with E-state index in [1.54, 1.807) is 6.26 Å². The molecule has 5 rings (SSSR count). The summed E-state index contributed by atoms with van der Waals surface area (Å²) in [6.45, 7) is 6.77. The highest BCUT2D eigenvalue weighted by molar-refractivity contribution is 5.82. The van der Waals surface area contributed by atoms with Gasteiger partial charge in [0.25, 0.3) is 5.56 Å². The number of likely N-dealkylation sites (tertiary alicyclic amines) is 1. The van der Waals surface area contributed by atoms with Crippen molar-refractivity contribution in [3.05, 3.63) is 69.4 Å². The molecule has 0 bridgehead atoms. The van der Waals surface area contributed by atoms with Crippen molar-refractivity contribution in [2.75, 3.05) is 26.7 Å². The first-order valence-corrected chi connectivity index (χ1v) is 12.2. The van der Waals surface area contributed by atoms with Crippen molar-refractivity contribution in [1.82, 2.24) is 14.4 Å². The summed E-state index contributed by atoms with van der Waals surface area (Å²) in [5, 5.41) is 1.21. The highest BCUT2D eigenvalue weighted by Crippen LogP contribution is 2.28. The molecule has 170 valence electrons. The van der Waals surface area contributed by atoms with Gasteiger partial charge in [0.1, 0.15) is 5.76 Å². The van der Waals surface area contributed by atoms with Crippen LogP contribution in [0.5, 0.6) is 0 Å². The predicted octanol–water partition coefficient (Wildman–Crippen LogP) is 4.76. The van der Waals surface area contributed by atoms with Crippen molar-refractivity contribution in [2.24, 2.45) is 0 Å². The van der Waals surface area contributed by atoms with Crippen LogP contribution in [0.3, 0.4) is 0 Å². The minimum Gasteiger partial charge on any atom is -0.468 e. The smallest absolute Gasteiger partial charge is 0.255 e. The van der Waals surface area contributed by atoms with Crippen LogP contribution in [0.4, 0.5) is 0 Å². The number of furan rings is 1. The molecule has 1 aromatic carbocycles. The summed E-state index contributed by atoms with van der Waals surface area (Å²) in [5.74, 6) is 0.927. The van der Waals surface area contributed by atoms with E-state index in [9.17, 15) is 4.79 Å². The molecule has 1 aliphatic carbocycles. The highest BCUT2D eigenvalue weighted by atomic mass is 16.3. The molecule has 32 heavy (non-hydrogen) atoms. The molecule has 1 unspecified atom stereocenters. The fourth-order valence-corrected chi connectivity index (χ4v) is 5.42. The lowest BCUT2D eigenvalue weighted by atomic mass is 10.0. The van der Waals surface area contributed by atoms with E-state index in [0.717, 1.165) is 55.9 Å². The molecule has 0 amide bonds. The van der Waals surface area contributed by atoms with Gasteiger partial charge in [-0.2, -0.15) is 0 Å². The lowest BCUT2D eigenvalue weighted by Gasteiger charge is -2.27. The van der Waals surface area contributed by atoms with Crippen molar-refractivity contribution < 1.29 is 4.42 Å². The second kappa shape index (κ2) is 9.24. The standard InChI is InChI=1S/C27H35N3O2/c1-20(26-10-7-15-32-26)28(2)19-24-17-23-16-21-8-6-9-22(21)18-25(23)30(27(24)31)14-13-29-11-4-3-5-12-29/h7,10,15-18,20H,3-6,8-9,11-14,19H2,1-2H3. The second-order valence-corrected chi connectivity index (χ2v) is 9.67. The molecule has 0 N–H and O–H groups in total. The van der Waals surface area contributed by atoms with E-state index < -0.39 is 0 Å². The van der Waals surface area contributed by atoms with Crippen molar-refractivity contribution >= 4 is 10.9 Å². The molecule has 1 fully saturated rings. The third kappa shape index (κ3) is 4.28. The van der Waals surface area contributed by atoms with Crippen molar-refractivity contribution in [2.45, 2.75) is 64.6 Å². The van der Waals surface area contributed by atoms with Crippen molar-refractivity contribution in [1.29, 1.82) is 0 Å². The first-order chi connectivity index (χ1) is 15.6. The van der Waals surface area contributed by atoms with Crippen LogP contribution in [0.15, 0.2) is 45.8 Å². The Morgan fingerprint density at radius 3 is 2.56 bits per heavy atom. The van der Waals surface area contributed by atoms with Gasteiger partial charge in [-0.1, -0.05) is 6.42 Å². The minimum absolute atomic E-state index is 0.113. The van der Waals surface area contributed by atoms with Crippen LogP contribution in [0.1, 0.15) is 61.1 Å². The van der Waals surface area contributed by atoms with E-state index in [4.69, 9.17) is 4.42 Å². The van der Waals surface area contributed by atoms with Gasteiger partial charge in [-0.25, -0.2) is 0 Å². The fraction of sp³-hybridized carbons (Fsp3) is 0.519. The van der Waals surface area contributed by atoms with E-state index in [1.165, 1.54) is 42.2 Å². The van der Waals surface area contributed by atoms with E-state index in [1.807, 2.05) is 12.1 Å². The zero-order chi connectivity index (χ0) is 22.1. The molecule has 0 radical (unpaired) electrons. The molecule has 5 nitrogen and oxygen atoms in total. The van der Waals surface area contributed by atoms with Gasteiger partial charge in [0.05, 0.1) is 17.8 Å². The molecule has 1 atom stereocenters. The molecular weight excluding hydrogens is 398 g/mol. The van der Waals surface area contributed by atoms with Gasteiger partial charge in [-0.05, 0) is 106 Å². The number of aryl methyl sites for hydroxylation is 2. The van der Waals surface area contributed by atoms with E-state index in [0.29, 0.717) is 6.54 Å². The molecule has 1 aliphatic heterocycles. The molecule has 3 heterocycles. The molecule has 2 aliphatic rings. The Labute approximate surface area is 190 Å². The minimum atomic E-state index is 0.113. The number of hydrogen-bond donors (Lipinski definition) is 0. The molecule has 5 heteroatoms. The molecule has 3 aromatic rings. The van der Waals surface area contributed by atoms with Gasteiger partial charge >= 0.3 is 0 Å². The van der Waals surface area contributed by atoms with Gasteiger partial charge in [0, 0.05) is 25.2 Å². The van der Waals surface area contributed by atoms with Crippen LogP contribution in [-0.2, 0) is 25.9 Å². The average molecular weight is 434 g/mol. The molecule has 0 spiro atoms. The topological polar surface area (TPSA) is 41.6 Å². The monoisotopic (exact) mass is 433 g/mol. The van der Waals surface area contributed by atoms with Gasteiger partial charge in [0.2, 0.25) is 0 Å². The van der Waals surface area contributed by atoms with Crippen LogP contribution < -0.4 is 5.56 Å². The van der Waals surface area contributed by atoms with Crippen LogP contribution >= 0.6 is 0 Å². The van der Waals surface area contributed by atoms with E-state index in [2.05, 4.69) is 46.5 Å². The summed E-state index contributed by atoms with van der Waals surface area (Å²) in [4.78, 5) is 18.4. The number of benzene rings is 1. The Morgan fingerprint density at radius 1 is 1.03 bits per heavy atom. The lowest BCUT2D eigenvalue weighted by Crippen LogP contribution is -2.36. The Hall–Kier alpha value is -2.37. The molecular formula is C27H35N3O2. The van der Waals surface area contributed by atoms with Gasteiger partial charge < -0.3 is 13.9 Å². The largest absolute Gasteiger partial charge is 0.468 e. The summed E-state index contributed by atoms with van der Waals surface area (Å²) >= 11 is 0. The SMILES string of the molecule is CC(c1ccco1)N(C)Cc1cc2cc3c(cc2n(CCN2CCCCC2)c1=O)CCC3. The van der Waals surface area contributed by atoms with Crippen molar-refractivity contribution in [3.63, 3.8) is 0 Å². The average Bonchev–Trinajstić information content (AvgIpc) is 3.50. The third-order valence-electron chi connectivity index (χ3n) is 7.51. The van der Waals surface area contributed by atoms with Crippen LogP contribution in [0.25, 0.3) is 10.9 Å². The number of nitrogens with zero attached hydrogens (tertiary/aromatic N) is 3. The first-order valence-electron chi connectivity index (χ1n) is 12.2. The summed E-state index contributed by atoms with van der Waals surface area (Å²) < 4.78 is 7.66. The Bertz CT molecular complexity index is 1130. The Balaban J connectivity index is 1.48. The zero-order valence-electron chi connectivity index (χ0n) is 19.5. The maximum Gasteiger partial charge on any atom is 0.255 e. The van der Waals surface area contributed by atoms with Gasteiger partial charge in [-0.3, -0.25) is 9.69 Å². The number of rotatable bonds is 7. The highest BCUT2D eigenvalue weighted by Gasteiger charge is 2.20. The Kier molecular flexibility index (Phi) is 6.20.